The third-order valence-electron chi connectivity index (χ3n) is 4.67. The number of aromatic nitrogens is 1. The number of nitrogens with zero attached hydrogens (tertiary/aromatic N) is 2. The fourth-order valence-corrected chi connectivity index (χ4v) is 4.57. The fraction of sp³-hybridized carbons (Fsp3) is 0.688. The lowest BCUT2D eigenvalue weighted by Crippen LogP contribution is -2.50. The highest BCUT2D eigenvalue weighted by molar-refractivity contribution is 7.89. The Balaban J connectivity index is 1.57. The van der Waals surface area contributed by atoms with E-state index in [0.29, 0.717) is 26.3 Å². The maximum Gasteiger partial charge on any atom is 0.213 e. The normalized spacial score (nSPS) is 29.2. The average molecular weight is 340 g/mol. The van der Waals surface area contributed by atoms with Crippen LogP contribution in [-0.2, 0) is 26.1 Å². The molecule has 7 heteroatoms. The molecule has 23 heavy (non-hydrogen) atoms. The van der Waals surface area contributed by atoms with Gasteiger partial charge in [0.05, 0.1) is 30.7 Å². The van der Waals surface area contributed by atoms with Gasteiger partial charge in [-0.3, -0.25) is 4.98 Å². The van der Waals surface area contributed by atoms with Crippen LogP contribution >= 0.6 is 0 Å². The van der Waals surface area contributed by atoms with Crippen LogP contribution in [0.15, 0.2) is 24.5 Å². The van der Waals surface area contributed by atoms with E-state index in [1.54, 1.807) is 23.6 Å². The molecular weight excluding hydrogens is 316 g/mol. The molecule has 0 N–H and O–H groups in total. The van der Waals surface area contributed by atoms with Crippen molar-refractivity contribution in [3.8, 4) is 0 Å². The van der Waals surface area contributed by atoms with Gasteiger partial charge in [0.15, 0.2) is 0 Å². The number of sulfonamides is 1. The first-order chi connectivity index (χ1) is 11.0. The number of rotatable bonds is 5. The highest BCUT2D eigenvalue weighted by Crippen LogP contribution is 2.36. The predicted octanol–water partition coefficient (Wildman–Crippen LogP) is 1.57. The van der Waals surface area contributed by atoms with Gasteiger partial charge in [-0.05, 0) is 37.5 Å². The van der Waals surface area contributed by atoms with E-state index in [4.69, 9.17) is 9.47 Å². The van der Waals surface area contributed by atoms with Crippen LogP contribution in [-0.4, -0.2) is 54.9 Å². The van der Waals surface area contributed by atoms with Crippen LogP contribution in [0.1, 0.15) is 31.7 Å². The van der Waals surface area contributed by atoms with Gasteiger partial charge < -0.3 is 9.47 Å². The summed E-state index contributed by atoms with van der Waals surface area (Å²) < 4.78 is 37.8. The third kappa shape index (κ3) is 3.91. The first-order valence-corrected chi connectivity index (χ1v) is 9.76. The first kappa shape index (κ1) is 16.8. The van der Waals surface area contributed by atoms with Crippen molar-refractivity contribution in [1.82, 2.24) is 9.29 Å². The summed E-state index contributed by atoms with van der Waals surface area (Å²) in [5.74, 6) is 0.144. The van der Waals surface area contributed by atoms with Crippen molar-refractivity contribution in [2.24, 2.45) is 0 Å². The van der Waals surface area contributed by atoms with Gasteiger partial charge in [-0.1, -0.05) is 0 Å². The van der Waals surface area contributed by atoms with E-state index in [9.17, 15) is 8.42 Å². The summed E-state index contributed by atoms with van der Waals surface area (Å²) in [5, 5.41) is 0. The second-order valence-electron chi connectivity index (χ2n) is 6.32. The summed E-state index contributed by atoms with van der Waals surface area (Å²) >= 11 is 0. The highest BCUT2D eigenvalue weighted by atomic mass is 32.2. The molecular formula is C16H24N2O4S. The van der Waals surface area contributed by atoms with Crippen LogP contribution in [0.2, 0.25) is 0 Å². The average Bonchev–Trinajstić information content (AvgIpc) is 2.96. The Morgan fingerprint density at radius 2 is 2.22 bits per heavy atom. The molecule has 2 aliphatic heterocycles. The molecule has 3 rings (SSSR count). The van der Waals surface area contributed by atoms with Crippen molar-refractivity contribution in [1.29, 1.82) is 0 Å². The van der Waals surface area contributed by atoms with Gasteiger partial charge in [0.1, 0.15) is 0 Å². The highest BCUT2D eigenvalue weighted by Gasteiger charge is 2.46. The molecule has 2 atom stereocenters. The molecule has 2 saturated heterocycles. The molecule has 1 spiro atoms. The van der Waals surface area contributed by atoms with Crippen molar-refractivity contribution < 1.29 is 17.9 Å². The maximum atomic E-state index is 12.1. The topological polar surface area (TPSA) is 68.7 Å². The Bertz CT molecular complexity index is 622. The third-order valence-corrected chi connectivity index (χ3v) is 6.50. The fourth-order valence-electron chi connectivity index (χ4n) is 3.36. The molecule has 6 nitrogen and oxygen atoms in total. The molecule has 0 unspecified atom stereocenters. The summed E-state index contributed by atoms with van der Waals surface area (Å²) in [5.41, 5.74) is 0.712. The van der Waals surface area contributed by atoms with Gasteiger partial charge in [0, 0.05) is 31.9 Å². The minimum absolute atomic E-state index is 0.0208. The van der Waals surface area contributed by atoms with E-state index in [-0.39, 0.29) is 17.5 Å². The lowest BCUT2D eigenvalue weighted by Gasteiger charge is -2.38. The minimum Gasteiger partial charge on any atom is -0.371 e. The molecule has 0 amide bonds. The molecule has 0 aliphatic carbocycles. The van der Waals surface area contributed by atoms with Gasteiger partial charge in [0.2, 0.25) is 10.0 Å². The molecule has 0 bridgehead atoms. The SMILES string of the molecule is CCS(=O)(=O)N1CCC[C@]2(C[C@@H](OCc3ccncc3)CO2)C1. The van der Waals surface area contributed by atoms with Gasteiger partial charge >= 0.3 is 0 Å². The lowest BCUT2D eigenvalue weighted by molar-refractivity contribution is -0.0359. The second-order valence-corrected chi connectivity index (χ2v) is 8.58. The van der Waals surface area contributed by atoms with Crippen molar-refractivity contribution in [3.05, 3.63) is 30.1 Å². The van der Waals surface area contributed by atoms with Crippen LogP contribution < -0.4 is 0 Å². The molecule has 128 valence electrons. The molecule has 1 aromatic rings. The zero-order valence-corrected chi connectivity index (χ0v) is 14.3. The van der Waals surface area contributed by atoms with Crippen LogP contribution in [0.5, 0.6) is 0 Å². The predicted molar refractivity (Wildman–Crippen MR) is 86.4 cm³/mol. The van der Waals surface area contributed by atoms with Crippen LogP contribution in [0.25, 0.3) is 0 Å². The number of hydrogen-bond acceptors (Lipinski definition) is 5. The van der Waals surface area contributed by atoms with E-state index in [1.165, 1.54) is 0 Å². The van der Waals surface area contributed by atoms with E-state index in [2.05, 4.69) is 4.98 Å². The van der Waals surface area contributed by atoms with Crippen LogP contribution in [0.3, 0.4) is 0 Å². The smallest absolute Gasteiger partial charge is 0.213 e. The first-order valence-electron chi connectivity index (χ1n) is 8.15. The zero-order chi connectivity index (χ0) is 16.3. The van der Waals surface area contributed by atoms with E-state index < -0.39 is 10.0 Å². The number of piperidine rings is 1. The summed E-state index contributed by atoms with van der Waals surface area (Å²) in [4.78, 5) is 3.99. The second kappa shape index (κ2) is 6.84. The van der Waals surface area contributed by atoms with Crippen molar-refractivity contribution >= 4 is 10.0 Å². The summed E-state index contributed by atoms with van der Waals surface area (Å²) in [7, 11) is -3.15. The van der Waals surface area contributed by atoms with E-state index in [0.717, 1.165) is 24.8 Å². The summed E-state index contributed by atoms with van der Waals surface area (Å²) in [6, 6.07) is 3.86. The zero-order valence-electron chi connectivity index (χ0n) is 13.5. The minimum atomic E-state index is -3.15. The number of hydrogen-bond donors (Lipinski definition) is 0. The van der Waals surface area contributed by atoms with Crippen molar-refractivity contribution in [2.45, 2.75) is 44.5 Å². The largest absolute Gasteiger partial charge is 0.371 e. The monoisotopic (exact) mass is 340 g/mol. The van der Waals surface area contributed by atoms with Crippen LogP contribution in [0.4, 0.5) is 0 Å². The number of ether oxygens (including phenoxy) is 2. The molecule has 0 saturated carbocycles. The molecule has 3 heterocycles. The van der Waals surface area contributed by atoms with E-state index >= 15 is 0 Å². The van der Waals surface area contributed by atoms with Gasteiger partial charge in [-0.15, -0.1) is 0 Å². The molecule has 2 fully saturated rings. The Labute approximate surface area is 137 Å². The van der Waals surface area contributed by atoms with E-state index in [1.807, 2.05) is 12.1 Å². The quantitative estimate of drug-likeness (QED) is 0.814. The Morgan fingerprint density at radius 3 is 2.96 bits per heavy atom. The Hall–Kier alpha value is -1.02. The summed E-state index contributed by atoms with van der Waals surface area (Å²) in [6.45, 7) is 3.81. The van der Waals surface area contributed by atoms with Crippen molar-refractivity contribution in [3.63, 3.8) is 0 Å². The summed E-state index contributed by atoms with van der Waals surface area (Å²) in [6.07, 6.45) is 6.02. The van der Waals surface area contributed by atoms with Gasteiger partial charge in [0.25, 0.3) is 0 Å². The maximum absolute atomic E-state index is 12.1. The number of pyridine rings is 1. The van der Waals surface area contributed by atoms with Crippen LogP contribution in [0, 0.1) is 0 Å². The Kier molecular flexibility index (Phi) is 5.01. The standard InChI is InChI=1S/C16H24N2O4S/c1-2-23(19,20)18-9-3-6-16(13-18)10-15(12-22-16)21-11-14-4-7-17-8-5-14/h4-5,7-8,15H,2-3,6,9-13H2,1H3/t15-,16+/m1/s1. The lowest BCUT2D eigenvalue weighted by atomic mass is 9.90. The van der Waals surface area contributed by atoms with Gasteiger partial charge in [-0.25, -0.2) is 8.42 Å². The van der Waals surface area contributed by atoms with Crippen molar-refractivity contribution in [2.75, 3.05) is 25.4 Å². The molecule has 2 aliphatic rings. The molecule has 1 aromatic heterocycles. The Morgan fingerprint density at radius 1 is 1.43 bits per heavy atom. The molecule has 0 radical (unpaired) electrons. The van der Waals surface area contributed by atoms with Gasteiger partial charge in [-0.2, -0.15) is 4.31 Å². The molecule has 0 aromatic carbocycles.